The van der Waals surface area contributed by atoms with Gasteiger partial charge in [0.1, 0.15) is 11.6 Å². The molecule has 0 aromatic rings. The summed E-state index contributed by atoms with van der Waals surface area (Å²) in [7, 11) is 0. The number of ether oxygens (including phenoxy) is 1. The van der Waals surface area contributed by atoms with E-state index in [9.17, 15) is 4.79 Å². The average Bonchev–Trinajstić information content (AvgIpc) is 2.03. The Kier molecular flexibility index (Phi) is 4.78. The fourth-order valence-electron chi connectivity index (χ4n) is 0.765. The predicted molar refractivity (Wildman–Crippen MR) is 45.2 cm³/mol. The van der Waals surface area contributed by atoms with Crippen molar-refractivity contribution in [1.29, 1.82) is 5.26 Å². The Hall–Kier alpha value is -1.30. The van der Waals surface area contributed by atoms with E-state index < -0.39 is 5.97 Å². The highest BCUT2D eigenvalue weighted by Gasteiger charge is 2.11. The summed E-state index contributed by atoms with van der Waals surface area (Å²) in [4.78, 5) is 10.9. The number of hydrogen-bond acceptors (Lipinski definition) is 3. The third kappa shape index (κ3) is 3.77. The molecule has 0 aliphatic rings. The normalized spacial score (nSPS) is 11.4. The summed E-state index contributed by atoms with van der Waals surface area (Å²) in [6.45, 7) is 7.05. The van der Waals surface area contributed by atoms with Crippen molar-refractivity contribution in [3.8, 4) is 6.07 Å². The molecule has 0 aromatic heterocycles. The number of nitrogens with zero attached hydrogens (tertiary/aromatic N) is 1. The van der Waals surface area contributed by atoms with Gasteiger partial charge in [0.25, 0.3) is 0 Å². The Morgan fingerprint density at radius 1 is 1.75 bits per heavy atom. The molecule has 0 bridgehead atoms. The molecule has 0 heterocycles. The summed E-state index contributed by atoms with van der Waals surface area (Å²) < 4.78 is 4.88. The van der Waals surface area contributed by atoms with E-state index in [1.807, 2.05) is 6.92 Å². The van der Waals surface area contributed by atoms with Gasteiger partial charge in [0.2, 0.25) is 0 Å². The zero-order valence-electron chi connectivity index (χ0n) is 7.46. The molecule has 1 atom stereocenters. The zero-order chi connectivity index (χ0) is 9.56. The van der Waals surface area contributed by atoms with Crippen molar-refractivity contribution in [1.82, 2.24) is 0 Å². The first-order valence-electron chi connectivity index (χ1n) is 3.91. The number of hydrogen-bond donors (Lipinski definition) is 0. The van der Waals surface area contributed by atoms with Crippen molar-refractivity contribution < 1.29 is 9.53 Å². The summed E-state index contributed by atoms with van der Waals surface area (Å²) in [5.74, 6) is -0.613. The lowest BCUT2D eigenvalue weighted by Crippen LogP contribution is -2.15. The van der Waals surface area contributed by atoms with E-state index in [4.69, 9.17) is 10.00 Å². The van der Waals surface area contributed by atoms with Gasteiger partial charge in [-0.25, -0.2) is 4.79 Å². The predicted octanol–water partition coefficient (Wildman–Crippen LogP) is 1.80. The maximum Gasteiger partial charge on any atom is 0.348 e. The monoisotopic (exact) mass is 167 g/mol. The van der Waals surface area contributed by atoms with Gasteiger partial charge in [-0.05, 0) is 13.3 Å². The molecule has 12 heavy (non-hydrogen) atoms. The lowest BCUT2D eigenvalue weighted by molar-refractivity contribution is -0.143. The molecule has 1 unspecified atom stereocenters. The molecule has 0 amide bonds. The lowest BCUT2D eigenvalue weighted by Gasteiger charge is -2.10. The maximum absolute atomic E-state index is 10.9. The van der Waals surface area contributed by atoms with E-state index in [0.29, 0.717) is 0 Å². The van der Waals surface area contributed by atoms with Gasteiger partial charge in [-0.3, -0.25) is 0 Å². The number of nitriles is 1. The van der Waals surface area contributed by atoms with Crippen molar-refractivity contribution in [3.05, 3.63) is 12.2 Å². The van der Waals surface area contributed by atoms with Gasteiger partial charge in [-0.2, -0.15) is 5.26 Å². The Labute approximate surface area is 72.6 Å². The maximum atomic E-state index is 10.9. The van der Waals surface area contributed by atoms with E-state index in [0.717, 1.165) is 12.8 Å². The molecule has 0 aliphatic carbocycles. The van der Waals surface area contributed by atoms with Crippen LogP contribution in [-0.4, -0.2) is 12.1 Å². The number of carbonyl (C=O) groups is 1. The molecule has 0 spiro atoms. The second kappa shape index (κ2) is 5.36. The van der Waals surface area contributed by atoms with Crippen LogP contribution in [0.1, 0.15) is 26.7 Å². The molecular weight excluding hydrogens is 154 g/mol. The first-order valence-corrected chi connectivity index (χ1v) is 3.91. The van der Waals surface area contributed by atoms with Crippen molar-refractivity contribution in [2.75, 3.05) is 0 Å². The SMILES string of the molecule is C=C(C#N)C(=O)OC(C)CCC. The van der Waals surface area contributed by atoms with Gasteiger partial charge >= 0.3 is 5.97 Å². The summed E-state index contributed by atoms with van der Waals surface area (Å²) in [5.41, 5.74) is -0.141. The van der Waals surface area contributed by atoms with E-state index in [1.54, 1.807) is 13.0 Å². The molecule has 0 N–H and O–H groups in total. The van der Waals surface area contributed by atoms with E-state index in [2.05, 4.69) is 6.58 Å². The highest BCUT2D eigenvalue weighted by atomic mass is 16.5. The van der Waals surface area contributed by atoms with Crippen LogP contribution in [0.25, 0.3) is 0 Å². The van der Waals surface area contributed by atoms with Crippen LogP contribution < -0.4 is 0 Å². The molecule has 0 saturated heterocycles. The Balaban J connectivity index is 3.86. The number of rotatable bonds is 4. The smallest absolute Gasteiger partial charge is 0.348 e. The zero-order valence-corrected chi connectivity index (χ0v) is 7.46. The first kappa shape index (κ1) is 10.7. The van der Waals surface area contributed by atoms with E-state index in [-0.39, 0.29) is 11.7 Å². The molecule has 0 radical (unpaired) electrons. The second-order valence-electron chi connectivity index (χ2n) is 2.59. The largest absolute Gasteiger partial charge is 0.459 e. The van der Waals surface area contributed by atoms with Gasteiger partial charge in [0.05, 0.1) is 6.10 Å². The number of carbonyl (C=O) groups excluding carboxylic acids is 1. The summed E-state index contributed by atoms with van der Waals surface area (Å²) in [6.07, 6.45) is 1.63. The van der Waals surface area contributed by atoms with Gasteiger partial charge in [-0.15, -0.1) is 0 Å². The first-order chi connectivity index (χ1) is 5.61. The second-order valence-corrected chi connectivity index (χ2v) is 2.59. The molecule has 66 valence electrons. The lowest BCUT2D eigenvalue weighted by atomic mass is 10.2. The van der Waals surface area contributed by atoms with Crippen LogP contribution in [-0.2, 0) is 9.53 Å². The van der Waals surface area contributed by atoms with Crippen LogP contribution in [0.15, 0.2) is 12.2 Å². The summed E-state index contributed by atoms with van der Waals surface area (Å²) in [5, 5.41) is 8.30. The third-order valence-electron chi connectivity index (χ3n) is 1.38. The summed E-state index contributed by atoms with van der Waals surface area (Å²) in [6, 6.07) is 1.64. The highest BCUT2D eigenvalue weighted by Crippen LogP contribution is 2.03. The van der Waals surface area contributed by atoms with Gasteiger partial charge in [0.15, 0.2) is 0 Å². The molecule has 0 aliphatic heterocycles. The quantitative estimate of drug-likeness (QED) is 0.364. The minimum absolute atomic E-state index is 0.132. The molecule has 3 heteroatoms. The van der Waals surface area contributed by atoms with Crippen LogP contribution in [0.5, 0.6) is 0 Å². The summed E-state index contributed by atoms with van der Waals surface area (Å²) >= 11 is 0. The highest BCUT2D eigenvalue weighted by molar-refractivity contribution is 5.91. The van der Waals surface area contributed by atoms with Crippen LogP contribution in [0.3, 0.4) is 0 Å². The average molecular weight is 167 g/mol. The van der Waals surface area contributed by atoms with Crippen LogP contribution in [0.2, 0.25) is 0 Å². The molecule has 3 nitrogen and oxygen atoms in total. The molecule has 0 aromatic carbocycles. The molecule has 0 rings (SSSR count). The van der Waals surface area contributed by atoms with Crippen LogP contribution in [0, 0.1) is 11.3 Å². The third-order valence-corrected chi connectivity index (χ3v) is 1.38. The fraction of sp³-hybridized carbons (Fsp3) is 0.556. The van der Waals surface area contributed by atoms with Crippen molar-refractivity contribution in [2.24, 2.45) is 0 Å². The minimum atomic E-state index is -0.613. The van der Waals surface area contributed by atoms with Gasteiger partial charge in [0, 0.05) is 0 Å². The van der Waals surface area contributed by atoms with Crippen molar-refractivity contribution >= 4 is 5.97 Å². The Bertz CT molecular complexity index is 215. The molecule has 0 saturated carbocycles. The molecule has 0 fully saturated rings. The van der Waals surface area contributed by atoms with Crippen molar-refractivity contribution in [3.63, 3.8) is 0 Å². The molecular formula is C9H13NO2. The topological polar surface area (TPSA) is 50.1 Å². The number of esters is 1. The van der Waals surface area contributed by atoms with Crippen LogP contribution in [0.4, 0.5) is 0 Å². The van der Waals surface area contributed by atoms with Crippen LogP contribution >= 0.6 is 0 Å². The van der Waals surface area contributed by atoms with E-state index >= 15 is 0 Å². The Morgan fingerprint density at radius 2 is 2.33 bits per heavy atom. The Morgan fingerprint density at radius 3 is 2.75 bits per heavy atom. The van der Waals surface area contributed by atoms with E-state index in [1.165, 1.54) is 0 Å². The minimum Gasteiger partial charge on any atom is -0.459 e. The van der Waals surface area contributed by atoms with Crippen molar-refractivity contribution in [2.45, 2.75) is 32.8 Å². The van der Waals surface area contributed by atoms with Gasteiger partial charge in [-0.1, -0.05) is 19.9 Å². The van der Waals surface area contributed by atoms with Gasteiger partial charge < -0.3 is 4.74 Å². The fourth-order valence-corrected chi connectivity index (χ4v) is 0.765. The standard InChI is InChI=1S/C9H13NO2/c1-4-5-8(3)12-9(11)7(2)6-10/h8H,2,4-5H2,1,3H3.